The quantitative estimate of drug-likeness (QED) is 0.595. The summed E-state index contributed by atoms with van der Waals surface area (Å²) >= 11 is 0. The van der Waals surface area contributed by atoms with Crippen molar-refractivity contribution >= 4 is 12.3 Å². The molecule has 0 unspecified atom stereocenters. The summed E-state index contributed by atoms with van der Waals surface area (Å²) in [6.07, 6.45) is 0.605. The molecule has 0 spiro atoms. The number of rotatable bonds is 3. The lowest BCUT2D eigenvalue weighted by molar-refractivity contribution is 0.171. The Bertz CT molecular complexity index is 404. The number of nitrogens with zero attached hydrogens (tertiary/aromatic N) is 1. The van der Waals surface area contributed by atoms with Gasteiger partial charge in [0.05, 0.1) is 20.4 Å². The van der Waals surface area contributed by atoms with Crippen LogP contribution >= 0.6 is 0 Å². The molecule has 1 rings (SSSR count). The fourth-order valence-electron chi connectivity index (χ4n) is 0.963. The number of carbonyl (C=O) groups is 1. The van der Waals surface area contributed by atoms with Gasteiger partial charge in [-0.15, -0.1) is 0 Å². The normalized spacial score (nSPS) is 10.1. The van der Waals surface area contributed by atoms with Crippen LogP contribution in [0, 0.1) is 0 Å². The second-order valence-electron chi connectivity index (χ2n) is 2.79. The molecule has 6 nitrogen and oxygen atoms in total. The number of methoxy groups -OCH3 is 2. The molecule has 0 aliphatic heterocycles. The Kier molecular flexibility index (Phi) is 4.14. The topological polar surface area (TPSA) is 80.2 Å². The van der Waals surface area contributed by atoms with E-state index in [0.29, 0.717) is 11.3 Å². The van der Waals surface area contributed by atoms with Crippen molar-refractivity contribution in [1.82, 2.24) is 5.43 Å². The first-order valence-electron chi connectivity index (χ1n) is 4.41. The number of aromatic hydroxyl groups is 1. The molecule has 1 aromatic rings. The van der Waals surface area contributed by atoms with Crippen LogP contribution in [0.2, 0.25) is 0 Å². The van der Waals surface area contributed by atoms with Gasteiger partial charge in [-0.2, -0.15) is 5.10 Å². The summed E-state index contributed by atoms with van der Waals surface area (Å²) in [5.41, 5.74) is 2.53. The molecular formula is C10H12N2O4. The fraction of sp³-hybridized carbons (Fsp3) is 0.200. The number of hydrogen-bond donors (Lipinski definition) is 2. The van der Waals surface area contributed by atoms with Crippen LogP contribution in [-0.2, 0) is 4.74 Å². The second-order valence-corrected chi connectivity index (χ2v) is 2.79. The number of hydrogen-bond acceptors (Lipinski definition) is 5. The van der Waals surface area contributed by atoms with Crippen LogP contribution in [0.25, 0.3) is 0 Å². The van der Waals surface area contributed by atoms with Gasteiger partial charge in [0.1, 0.15) is 11.5 Å². The van der Waals surface area contributed by atoms with E-state index < -0.39 is 6.09 Å². The molecule has 0 aliphatic rings. The molecule has 0 bridgehead atoms. The molecule has 16 heavy (non-hydrogen) atoms. The average Bonchev–Trinajstić information content (AvgIpc) is 2.31. The third kappa shape index (κ3) is 3.16. The minimum absolute atomic E-state index is 0.0382. The summed E-state index contributed by atoms with van der Waals surface area (Å²) in [7, 11) is 2.74. The van der Waals surface area contributed by atoms with Crippen LogP contribution in [0.4, 0.5) is 4.79 Å². The lowest BCUT2D eigenvalue weighted by atomic mass is 10.2. The van der Waals surface area contributed by atoms with Crippen molar-refractivity contribution in [3.63, 3.8) is 0 Å². The van der Waals surface area contributed by atoms with Gasteiger partial charge in [-0.1, -0.05) is 0 Å². The van der Waals surface area contributed by atoms with Crippen LogP contribution < -0.4 is 10.2 Å². The summed E-state index contributed by atoms with van der Waals surface area (Å²) < 4.78 is 9.29. The van der Waals surface area contributed by atoms with Crippen molar-refractivity contribution in [2.24, 2.45) is 5.10 Å². The summed E-state index contributed by atoms with van der Waals surface area (Å²) in [6, 6.07) is 4.66. The fourth-order valence-corrected chi connectivity index (χ4v) is 0.963. The molecule has 0 fully saturated rings. The number of benzene rings is 1. The first kappa shape index (κ1) is 11.8. The number of phenols is 1. The average molecular weight is 224 g/mol. The molecule has 0 aliphatic carbocycles. The van der Waals surface area contributed by atoms with Gasteiger partial charge in [0.2, 0.25) is 0 Å². The molecule has 86 valence electrons. The van der Waals surface area contributed by atoms with E-state index in [2.05, 4.69) is 15.3 Å². The van der Waals surface area contributed by atoms with Crippen LogP contribution in [0.1, 0.15) is 5.56 Å². The van der Waals surface area contributed by atoms with E-state index in [1.54, 1.807) is 12.1 Å². The van der Waals surface area contributed by atoms with Gasteiger partial charge in [-0.25, -0.2) is 10.2 Å². The molecule has 0 aromatic heterocycles. The van der Waals surface area contributed by atoms with Gasteiger partial charge >= 0.3 is 6.09 Å². The molecule has 0 radical (unpaired) electrons. The molecular weight excluding hydrogens is 212 g/mol. The first-order valence-corrected chi connectivity index (χ1v) is 4.41. The zero-order valence-corrected chi connectivity index (χ0v) is 8.93. The zero-order chi connectivity index (χ0) is 12.0. The van der Waals surface area contributed by atoms with Crippen molar-refractivity contribution in [1.29, 1.82) is 0 Å². The molecule has 6 heteroatoms. The van der Waals surface area contributed by atoms with Crippen LogP contribution in [0.15, 0.2) is 23.3 Å². The van der Waals surface area contributed by atoms with E-state index in [1.165, 1.54) is 26.5 Å². The summed E-state index contributed by atoms with van der Waals surface area (Å²) in [5, 5.41) is 13.0. The maximum Gasteiger partial charge on any atom is 0.427 e. The molecule has 0 atom stereocenters. The summed E-state index contributed by atoms with van der Waals surface area (Å²) in [4.78, 5) is 10.7. The minimum Gasteiger partial charge on any atom is -0.507 e. The van der Waals surface area contributed by atoms with E-state index in [0.717, 1.165) is 0 Å². The summed E-state index contributed by atoms with van der Waals surface area (Å²) in [6.45, 7) is 0. The van der Waals surface area contributed by atoms with Gasteiger partial charge in [-0.05, 0) is 18.2 Å². The maximum atomic E-state index is 10.7. The molecule has 0 saturated heterocycles. The highest BCUT2D eigenvalue weighted by molar-refractivity contribution is 5.84. The number of carbonyl (C=O) groups excluding carboxylic acids is 1. The zero-order valence-electron chi connectivity index (χ0n) is 8.93. The van der Waals surface area contributed by atoms with Crippen LogP contribution in [-0.4, -0.2) is 31.6 Å². The Morgan fingerprint density at radius 3 is 2.88 bits per heavy atom. The monoisotopic (exact) mass is 224 g/mol. The molecule has 0 heterocycles. The second kappa shape index (κ2) is 5.59. The van der Waals surface area contributed by atoms with Gasteiger partial charge in [0.15, 0.2) is 0 Å². The van der Waals surface area contributed by atoms with Crippen molar-refractivity contribution in [3.8, 4) is 11.5 Å². The van der Waals surface area contributed by atoms with Crippen molar-refractivity contribution in [3.05, 3.63) is 23.8 Å². The molecule has 1 amide bonds. The summed E-state index contributed by atoms with van der Waals surface area (Å²) in [5.74, 6) is 0.619. The largest absolute Gasteiger partial charge is 0.507 e. The predicted octanol–water partition coefficient (Wildman–Crippen LogP) is 1.09. The third-order valence-corrected chi connectivity index (χ3v) is 1.78. The number of nitrogens with one attached hydrogen (secondary N) is 1. The smallest absolute Gasteiger partial charge is 0.427 e. The van der Waals surface area contributed by atoms with Gasteiger partial charge < -0.3 is 14.6 Å². The van der Waals surface area contributed by atoms with E-state index in [9.17, 15) is 9.90 Å². The Hall–Kier alpha value is -2.24. The Balaban J connectivity index is 2.75. The maximum absolute atomic E-state index is 10.7. The van der Waals surface area contributed by atoms with E-state index >= 15 is 0 Å². The highest BCUT2D eigenvalue weighted by Crippen LogP contribution is 2.20. The number of ether oxygens (including phenoxy) is 2. The van der Waals surface area contributed by atoms with Crippen molar-refractivity contribution in [2.45, 2.75) is 0 Å². The van der Waals surface area contributed by atoms with E-state index in [-0.39, 0.29) is 5.75 Å². The minimum atomic E-state index is -0.682. The highest BCUT2D eigenvalue weighted by Gasteiger charge is 2.00. The standard InChI is InChI=1S/C10H12N2O4/c1-15-8-3-4-9(13)7(5-8)6-11-12-10(14)16-2/h3-6,13H,1-2H3,(H,12,14)/b11-6-. The van der Waals surface area contributed by atoms with Gasteiger partial charge in [0, 0.05) is 5.56 Å². The SMILES string of the molecule is COC(=O)N/N=C\c1cc(OC)ccc1O. The van der Waals surface area contributed by atoms with Gasteiger partial charge in [0.25, 0.3) is 0 Å². The predicted molar refractivity (Wildman–Crippen MR) is 57.8 cm³/mol. The number of hydrazone groups is 1. The third-order valence-electron chi connectivity index (χ3n) is 1.78. The number of amides is 1. The lowest BCUT2D eigenvalue weighted by Crippen LogP contribution is -2.16. The Labute approximate surface area is 92.5 Å². The van der Waals surface area contributed by atoms with Gasteiger partial charge in [-0.3, -0.25) is 0 Å². The Morgan fingerprint density at radius 2 is 2.25 bits per heavy atom. The lowest BCUT2D eigenvalue weighted by Gasteiger charge is -2.02. The molecule has 0 saturated carbocycles. The highest BCUT2D eigenvalue weighted by atomic mass is 16.5. The van der Waals surface area contributed by atoms with Crippen molar-refractivity contribution in [2.75, 3.05) is 14.2 Å². The van der Waals surface area contributed by atoms with Crippen LogP contribution in [0.5, 0.6) is 11.5 Å². The number of phenolic OH excluding ortho intramolecular Hbond substituents is 1. The van der Waals surface area contributed by atoms with Crippen molar-refractivity contribution < 1.29 is 19.4 Å². The molecule has 2 N–H and O–H groups in total. The Morgan fingerprint density at radius 1 is 1.50 bits per heavy atom. The molecule has 1 aromatic carbocycles. The van der Waals surface area contributed by atoms with E-state index in [1.807, 2.05) is 0 Å². The van der Waals surface area contributed by atoms with Crippen LogP contribution in [0.3, 0.4) is 0 Å². The van der Waals surface area contributed by atoms with E-state index in [4.69, 9.17) is 4.74 Å². The first-order chi connectivity index (χ1) is 7.67.